The average molecular weight is 359 g/mol. The van der Waals surface area contributed by atoms with Crippen molar-refractivity contribution in [1.29, 1.82) is 0 Å². The van der Waals surface area contributed by atoms with E-state index in [9.17, 15) is 13.2 Å². The Morgan fingerprint density at radius 2 is 1.92 bits per heavy atom. The Balaban J connectivity index is 1.68. The van der Waals surface area contributed by atoms with Crippen LogP contribution in [0.4, 0.5) is 0 Å². The van der Waals surface area contributed by atoms with Crippen molar-refractivity contribution in [2.45, 2.75) is 31.2 Å². The molecule has 25 heavy (non-hydrogen) atoms. The van der Waals surface area contributed by atoms with Gasteiger partial charge < -0.3 is 4.90 Å². The first kappa shape index (κ1) is 16.3. The summed E-state index contributed by atoms with van der Waals surface area (Å²) in [6.45, 7) is 0. The molecule has 132 valence electrons. The van der Waals surface area contributed by atoms with E-state index in [1.165, 1.54) is 0 Å². The molecule has 1 aliphatic heterocycles. The van der Waals surface area contributed by atoms with E-state index in [-0.39, 0.29) is 23.5 Å². The third-order valence-electron chi connectivity index (χ3n) is 5.02. The van der Waals surface area contributed by atoms with Crippen molar-refractivity contribution in [3.63, 3.8) is 0 Å². The van der Waals surface area contributed by atoms with Gasteiger partial charge in [0.15, 0.2) is 9.84 Å². The molecule has 0 N–H and O–H groups in total. The van der Waals surface area contributed by atoms with Crippen LogP contribution in [-0.4, -0.2) is 53.6 Å². The molecule has 2 fully saturated rings. The number of hydrogen-bond acceptors (Lipinski definition) is 4. The highest BCUT2D eigenvalue weighted by Crippen LogP contribution is 2.40. The number of amides is 1. The van der Waals surface area contributed by atoms with Crippen LogP contribution < -0.4 is 0 Å². The van der Waals surface area contributed by atoms with Gasteiger partial charge in [-0.15, -0.1) is 0 Å². The largest absolute Gasteiger partial charge is 0.336 e. The van der Waals surface area contributed by atoms with Gasteiger partial charge in [-0.3, -0.25) is 4.79 Å². The maximum Gasteiger partial charge on any atom is 0.272 e. The number of benzene rings is 1. The zero-order valence-corrected chi connectivity index (χ0v) is 14.9. The molecule has 2 aromatic rings. The molecule has 0 spiro atoms. The lowest BCUT2D eigenvalue weighted by Crippen LogP contribution is -2.38. The Kier molecular flexibility index (Phi) is 3.91. The molecule has 1 amide bonds. The van der Waals surface area contributed by atoms with E-state index in [0.29, 0.717) is 18.0 Å². The Morgan fingerprint density at radius 3 is 2.52 bits per heavy atom. The quantitative estimate of drug-likeness (QED) is 0.837. The lowest BCUT2D eigenvalue weighted by atomic mass is 10.2. The van der Waals surface area contributed by atoms with Crippen molar-refractivity contribution in [3.05, 3.63) is 47.8 Å². The highest BCUT2D eigenvalue weighted by molar-refractivity contribution is 7.91. The number of sulfone groups is 1. The summed E-state index contributed by atoms with van der Waals surface area (Å²) in [6.07, 6.45) is 2.71. The number of aromatic nitrogens is 2. The SMILES string of the molecule is CN(C(=O)c1cc(C2CC2)nn1-c1ccccc1)[C@@H]1CCS(=O)(=O)C1. The first-order chi connectivity index (χ1) is 11.9. The van der Waals surface area contributed by atoms with E-state index >= 15 is 0 Å². The predicted octanol–water partition coefficient (Wildman–Crippen LogP) is 2.01. The van der Waals surface area contributed by atoms with Gasteiger partial charge in [-0.1, -0.05) is 18.2 Å². The lowest BCUT2D eigenvalue weighted by Gasteiger charge is -2.23. The molecule has 1 saturated heterocycles. The van der Waals surface area contributed by atoms with E-state index in [2.05, 4.69) is 5.10 Å². The second kappa shape index (κ2) is 5.98. The van der Waals surface area contributed by atoms with Crippen molar-refractivity contribution in [2.24, 2.45) is 0 Å². The lowest BCUT2D eigenvalue weighted by molar-refractivity contribution is 0.0738. The minimum absolute atomic E-state index is 0.0458. The standard InChI is InChI=1S/C18H21N3O3S/c1-20(15-9-10-25(23,24)12-15)18(22)17-11-16(13-7-8-13)19-21(17)14-5-3-2-4-6-14/h2-6,11,13,15H,7-10,12H2,1H3/t15-/m1/s1. The van der Waals surface area contributed by atoms with Gasteiger partial charge in [0.25, 0.3) is 5.91 Å². The highest BCUT2D eigenvalue weighted by Gasteiger charge is 2.35. The van der Waals surface area contributed by atoms with Gasteiger partial charge in [-0.2, -0.15) is 5.10 Å². The van der Waals surface area contributed by atoms with Gasteiger partial charge in [0, 0.05) is 19.0 Å². The Bertz CT molecular complexity index is 901. The average Bonchev–Trinajstić information content (AvgIpc) is 3.26. The Hall–Kier alpha value is -2.15. The Labute approximate surface area is 147 Å². The van der Waals surface area contributed by atoms with Crippen LogP contribution in [0, 0.1) is 0 Å². The molecule has 2 heterocycles. The van der Waals surface area contributed by atoms with Crippen molar-refractivity contribution in [2.75, 3.05) is 18.6 Å². The topological polar surface area (TPSA) is 72.3 Å². The molecule has 0 unspecified atom stereocenters. The van der Waals surface area contributed by atoms with Crippen molar-refractivity contribution in [3.8, 4) is 5.69 Å². The van der Waals surface area contributed by atoms with E-state index in [1.54, 1.807) is 16.6 Å². The van der Waals surface area contributed by atoms with Gasteiger partial charge in [0.05, 0.1) is 22.9 Å². The molecule has 2 aliphatic rings. The summed E-state index contributed by atoms with van der Waals surface area (Å²) in [7, 11) is -1.35. The van der Waals surface area contributed by atoms with Crippen LogP contribution in [0.2, 0.25) is 0 Å². The van der Waals surface area contributed by atoms with Crippen LogP contribution in [0.15, 0.2) is 36.4 Å². The fraction of sp³-hybridized carbons (Fsp3) is 0.444. The van der Waals surface area contributed by atoms with E-state index in [1.807, 2.05) is 36.4 Å². The summed E-state index contributed by atoms with van der Waals surface area (Å²) in [4.78, 5) is 14.6. The second-order valence-electron chi connectivity index (χ2n) is 6.95. The third-order valence-corrected chi connectivity index (χ3v) is 6.77. The van der Waals surface area contributed by atoms with Crippen LogP contribution in [0.3, 0.4) is 0 Å². The maximum absolute atomic E-state index is 13.1. The first-order valence-electron chi connectivity index (χ1n) is 8.57. The Morgan fingerprint density at radius 1 is 1.20 bits per heavy atom. The van der Waals surface area contributed by atoms with Gasteiger partial charge in [-0.25, -0.2) is 13.1 Å². The first-order valence-corrected chi connectivity index (χ1v) is 10.4. The molecule has 1 aromatic heterocycles. The summed E-state index contributed by atoms with van der Waals surface area (Å²) in [5, 5.41) is 4.65. The number of hydrogen-bond donors (Lipinski definition) is 0. The number of carbonyl (C=O) groups excluding carboxylic acids is 1. The third kappa shape index (κ3) is 3.20. The fourth-order valence-corrected chi connectivity index (χ4v) is 5.10. The van der Waals surface area contributed by atoms with Crippen LogP contribution >= 0.6 is 0 Å². The number of para-hydroxylation sites is 1. The predicted molar refractivity (Wildman–Crippen MR) is 94.7 cm³/mol. The van der Waals surface area contributed by atoms with Crippen LogP contribution in [0.25, 0.3) is 5.69 Å². The summed E-state index contributed by atoms with van der Waals surface area (Å²) < 4.78 is 25.2. The molecule has 1 atom stereocenters. The van der Waals surface area contributed by atoms with Crippen molar-refractivity contribution in [1.82, 2.24) is 14.7 Å². The molecule has 1 aromatic carbocycles. The summed E-state index contributed by atoms with van der Waals surface area (Å²) in [5.74, 6) is 0.462. The van der Waals surface area contributed by atoms with Gasteiger partial charge >= 0.3 is 0 Å². The molecule has 0 bridgehead atoms. The van der Waals surface area contributed by atoms with Gasteiger partial charge in [-0.05, 0) is 37.5 Å². The molecule has 1 saturated carbocycles. The smallest absolute Gasteiger partial charge is 0.272 e. The molecule has 0 radical (unpaired) electrons. The van der Waals surface area contributed by atoms with Crippen LogP contribution in [0.5, 0.6) is 0 Å². The summed E-state index contributed by atoms with van der Waals surface area (Å²) >= 11 is 0. The van der Waals surface area contributed by atoms with Gasteiger partial charge in [0.1, 0.15) is 5.69 Å². The van der Waals surface area contributed by atoms with Crippen LogP contribution in [0.1, 0.15) is 41.4 Å². The number of carbonyl (C=O) groups is 1. The second-order valence-corrected chi connectivity index (χ2v) is 9.18. The molecule has 6 nitrogen and oxygen atoms in total. The fourth-order valence-electron chi connectivity index (χ4n) is 3.32. The molecular weight excluding hydrogens is 338 g/mol. The van der Waals surface area contributed by atoms with Crippen molar-refractivity contribution < 1.29 is 13.2 Å². The maximum atomic E-state index is 13.1. The summed E-state index contributed by atoms with van der Waals surface area (Å²) in [6, 6.07) is 11.2. The minimum Gasteiger partial charge on any atom is -0.336 e. The zero-order valence-electron chi connectivity index (χ0n) is 14.1. The normalized spacial score (nSPS) is 22.0. The van der Waals surface area contributed by atoms with Crippen molar-refractivity contribution >= 4 is 15.7 Å². The van der Waals surface area contributed by atoms with Crippen LogP contribution in [-0.2, 0) is 9.84 Å². The van der Waals surface area contributed by atoms with E-state index < -0.39 is 9.84 Å². The van der Waals surface area contributed by atoms with E-state index in [4.69, 9.17) is 0 Å². The molecule has 7 heteroatoms. The highest BCUT2D eigenvalue weighted by atomic mass is 32.2. The number of nitrogens with zero attached hydrogens (tertiary/aromatic N) is 3. The number of rotatable bonds is 4. The minimum atomic E-state index is -3.03. The zero-order chi connectivity index (χ0) is 17.6. The summed E-state index contributed by atoms with van der Waals surface area (Å²) in [5.41, 5.74) is 2.28. The monoisotopic (exact) mass is 359 g/mol. The van der Waals surface area contributed by atoms with Gasteiger partial charge in [0.2, 0.25) is 0 Å². The molecule has 4 rings (SSSR count). The molecular formula is C18H21N3O3S. The van der Waals surface area contributed by atoms with E-state index in [0.717, 1.165) is 24.2 Å². The molecule has 1 aliphatic carbocycles.